The number of benzene rings is 1. The third-order valence-electron chi connectivity index (χ3n) is 3.40. The van der Waals surface area contributed by atoms with E-state index in [-0.39, 0.29) is 0 Å². The Morgan fingerprint density at radius 1 is 1.05 bits per heavy atom. The Hall–Kier alpha value is -2.13. The Bertz CT molecular complexity index is 799. The van der Waals surface area contributed by atoms with Crippen LogP contribution >= 0.6 is 11.6 Å². The number of nitrogens with one attached hydrogen (secondary N) is 1. The Kier molecular flexibility index (Phi) is 3.76. The normalized spacial score (nSPS) is 10.8. The summed E-state index contributed by atoms with van der Waals surface area (Å²) in [4.78, 5) is 9.17. The fourth-order valence-corrected chi connectivity index (χ4v) is 2.45. The van der Waals surface area contributed by atoms with Crippen molar-refractivity contribution in [1.82, 2.24) is 9.97 Å². The first-order valence-electron chi connectivity index (χ1n) is 6.95. The highest BCUT2D eigenvalue weighted by Gasteiger charge is 2.05. The Morgan fingerprint density at radius 3 is 2.71 bits per heavy atom. The van der Waals surface area contributed by atoms with E-state index in [4.69, 9.17) is 11.6 Å². The molecule has 0 amide bonds. The molecule has 106 valence electrons. The fourth-order valence-electron chi connectivity index (χ4n) is 2.27. The van der Waals surface area contributed by atoms with Crippen LogP contribution in [0, 0.1) is 6.92 Å². The zero-order valence-electron chi connectivity index (χ0n) is 12.0. The van der Waals surface area contributed by atoms with Crippen LogP contribution in [0.3, 0.4) is 0 Å². The lowest BCUT2D eigenvalue weighted by molar-refractivity contribution is 1.08. The van der Waals surface area contributed by atoms with Gasteiger partial charge in [0.25, 0.3) is 0 Å². The van der Waals surface area contributed by atoms with Gasteiger partial charge in [0.2, 0.25) is 0 Å². The quantitative estimate of drug-likeness (QED) is 0.747. The molecule has 2 aromatic heterocycles. The number of hydrogen-bond donors (Lipinski definition) is 1. The number of rotatable bonds is 3. The molecule has 3 aromatic rings. The standard InChI is InChI=1S/C17H16ClN3/c1-3-12-5-4-11(2)19-17(12)21-16-9-6-13-10-14(18)7-8-15(13)20-16/h4-10H,3H2,1-2H3,(H,19,20,21). The van der Waals surface area contributed by atoms with Gasteiger partial charge in [-0.1, -0.05) is 24.6 Å². The summed E-state index contributed by atoms with van der Waals surface area (Å²) in [5.41, 5.74) is 3.08. The smallest absolute Gasteiger partial charge is 0.134 e. The number of anilines is 2. The van der Waals surface area contributed by atoms with E-state index in [2.05, 4.69) is 28.3 Å². The highest BCUT2D eigenvalue weighted by atomic mass is 35.5. The summed E-state index contributed by atoms with van der Waals surface area (Å²) in [6.07, 6.45) is 0.929. The maximum atomic E-state index is 5.99. The zero-order chi connectivity index (χ0) is 14.8. The summed E-state index contributed by atoms with van der Waals surface area (Å²) in [6.45, 7) is 4.10. The number of nitrogens with zero attached hydrogens (tertiary/aromatic N) is 2. The fraction of sp³-hybridized carbons (Fsp3) is 0.176. The summed E-state index contributed by atoms with van der Waals surface area (Å²) in [6, 6.07) is 13.8. The van der Waals surface area contributed by atoms with Crippen LogP contribution in [0.5, 0.6) is 0 Å². The average Bonchev–Trinajstić information content (AvgIpc) is 2.48. The largest absolute Gasteiger partial charge is 0.325 e. The van der Waals surface area contributed by atoms with E-state index in [1.807, 2.05) is 43.3 Å². The molecule has 0 saturated carbocycles. The molecule has 0 aliphatic heterocycles. The molecule has 1 N–H and O–H groups in total. The minimum absolute atomic E-state index is 0.721. The van der Waals surface area contributed by atoms with E-state index >= 15 is 0 Å². The Morgan fingerprint density at radius 2 is 1.90 bits per heavy atom. The third kappa shape index (κ3) is 2.98. The molecular weight excluding hydrogens is 282 g/mol. The number of halogens is 1. The molecule has 4 heteroatoms. The lowest BCUT2D eigenvalue weighted by Crippen LogP contribution is -2.01. The molecule has 0 atom stereocenters. The van der Waals surface area contributed by atoms with Gasteiger partial charge in [0.15, 0.2) is 0 Å². The maximum Gasteiger partial charge on any atom is 0.134 e. The summed E-state index contributed by atoms with van der Waals surface area (Å²) in [7, 11) is 0. The van der Waals surface area contributed by atoms with Crippen LogP contribution in [0.25, 0.3) is 10.9 Å². The van der Waals surface area contributed by atoms with E-state index in [1.165, 1.54) is 5.56 Å². The van der Waals surface area contributed by atoms with Crippen molar-refractivity contribution >= 4 is 34.1 Å². The number of hydrogen-bond acceptors (Lipinski definition) is 3. The van der Waals surface area contributed by atoms with Crippen LogP contribution < -0.4 is 5.32 Å². The van der Waals surface area contributed by atoms with Gasteiger partial charge >= 0.3 is 0 Å². The van der Waals surface area contributed by atoms with Crippen molar-refractivity contribution in [3.8, 4) is 0 Å². The minimum Gasteiger partial charge on any atom is -0.325 e. The van der Waals surface area contributed by atoms with Gasteiger partial charge in [0.05, 0.1) is 5.52 Å². The van der Waals surface area contributed by atoms with Crippen molar-refractivity contribution in [3.05, 3.63) is 58.7 Å². The van der Waals surface area contributed by atoms with E-state index in [1.54, 1.807) is 0 Å². The SMILES string of the molecule is CCc1ccc(C)nc1Nc1ccc2cc(Cl)ccc2n1. The van der Waals surface area contributed by atoms with Gasteiger partial charge in [-0.15, -0.1) is 0 Å². The van der Waals surface area contributed by atoms with Crippen LogP contribution in [-0.2, 0) is 6.42 Å². The van der Waals surface area contributed by atoms with Crippen molar-refractivity contribution < 1.29 is 0 Å². The summed E-state index contributed by atoms with van der Waals surface area (Å²) < 4.78 is 0. The molecule has 0 aliphatic carbocycles. The molecule has 3 nitrogen and oxygen atoms in total. The van der Waals surface area contributed by atoms with Crippen LogP contribution in [0.15, 0.2) is 42.5 Å². The number of fused-ring (bicyclic) bond motifs is 1. The third-order valence-corrected chi connectivity index (χ3v) is 3.63. The van der Waals surface area contributed by atoms with Gasteiger partial charge in [-0.2, -0.15) is 0 Å². The molecule has 0 radical (unpaired) electrons. The van der Waals surface area contributed by atoms with Gasteiger partial charge in [0, 0.05) is 16.1 Å². The number of aryl methyl sites for hydroxylation is 2. The Balaban J connectivity index is 1.98. The van der Waals surface area contributed by atoms with Crippen molar-refractivity contribution in [2.24, 2.45) is 0 Å². The average molecular weight is 298 g/mol. The van der Waals surface area contributed by atoms with Crippen molar-refractivity contribution in [3.63, 3.8) is 0 Å². The molecule has 0 spiro atoms. The molecule has 0 bridgehead atoms. The summed E-state index contributed by atoms with van der Waals surface area (Å²) in [5.74, 6) is 1.66. The van der Waals surface area contributed by atoms with Gasteiger partial charge in [0.1, 0.15) is 11.6 Å². The van der Waals surface area contributed by atoms with Crippen LogP contribution in [0.1, 0.15) is 18.2 Å². The number of pyridine rings is 2. The van der Waals surface area contributed by atoms with Crippen molar-refractivity contribution in [2.75, 3.05) is 5.32 Å². The maximum absolute atomic E-state index is 5.99. The predicted octanol–water partition coefficient (Wildman–Crippen LogP) is 4.90. The van der Waals surface area contributed by atoms with Gasteiger partial charge in [-0.05, 0) is 55.3 Å². The topological polar surface area (TPSA) is 37.8 Å². The number of aromatic nitrogens is 2. The molecule has 1 aromatic carbocycles. The van der Waals surface area contributed by atoms with Gasteiger partial charge in [-0.3, -0.25) is 0 Å². The van der Waals surface area contributed by atoms with Gasteiger partial charge in [-0.25, -0.2) is 9.97 Å². The van der Waals surface area contributed by atoms with E-state index < -0.39 is 0 Å². The van der Waals surface area contributed by atoms with Crippen LogP contribution in [-0.4, -0.2) is 9.97 Å². The van der Waals surface area contributed by atoms with Crippen molar-refractivity contribution in [1.29, 1.82) is 0 Å². The lowest BCUT2D eigenvalue weighted by atomic mass is 10.2. The minimum atomic E-state index is 0.721. The zero-order valence-corrected chi connectivity index (χ0v) is 12.8. The lowest BCUT2D eigenvalue weighted by Gasteiger charge is -2.10. The van der Waals surface area contributed by atoms with Gasteiger partial charge < -0.3 is 5.32 Å². The summed E-state index contributed by atoms with van der Waals surface area (Å²) in [5, 5.41) is 5.07. The molecule has 0 fully saturated rings. The van der Waals surface area contributed by atoms with E-state index in [0.29, 0.717) is 0 Å². The van der Waals surface area contributed by atoms with E-state index in [0.717, 1.165) is 39.7 Å². The highest BCUT2D eigenvalue weighted by Crippen LogP contribution is 2.23. The molecule has 2 heterocycles. The first kappa shape index (κ1) is 13.8. The first-order chi connectivity index (χ1) is 10.2. The molecule has 3 rings (SSSR count). The molecule has 0 aliphatic rings. The van der Waals surface area contributed by atoms with Crippen LogP contribution in [0.4, 0.5) is 11.6 Å². The van der Waals surface area contributed by atoms with Crippen LogP contribution in [0.2, 0.25) is 5.02 Å². The monoisotopic (exact) mass is 297 g/mol. The molecular formula is C17H16ClN3. The predicted molar refractivity (Wildman–Crippen MR) is 88.4 cm³/mol. The second kappa shape index (κ2) is 5.70. The summed E-state index contributed by atoms with van der Waals surface area (Å²) >= 11 is 5.99. The van der Waals surface area contributed by atoms with E-state index in [9.17, 15) is 0 Å². The highest BCUT2D eigenvalue weighted by molar-refractivity contribution is 6.31. The second-order valence-corrected chi connectivity index (χ2v) is 5.41. The first-order valence-corrected chi connectivity index (χ1v) is 7.33. The Labute approximate surface area is 129 Å². The molecule has 0 saturated heterocycles. The van der Waals surface area contributed by atoms with Crippen molar-refractivity contribution in [2.45, 2.75) is 20.3 Å². The second-order valence-electron chi connectivity index (χ2n) is 4.97. The molecule has 21 heavy (non-hydrogen) atoms. The molecule has 0 unspecified atom stereocenters.